The number of carbonyl (C=O) groups is 1. The zero-order valence-corrected chi connectivity index (χ0v) is 13.2. The number of nitrogens with zero attached hydrogens (tertiary/aromatic N) is 2. The molecule has 0 aliphatic carbocycles. The third-order valence-corrected chi connectivity index (χ3v) is 5.18. The number of likely N-dealkylation sites (N-methyl/N-ethyl adjacent to an activating group) is 1. The van der Waals surface area contributed by atoms with E-state index in [9.17, 15) is 4.79 Å². The number of carbonyl (C=O) groups excluding carboxylic acids is 1. The molecular weight excluding hydrogens is 288 g/mol. The molecule has 2 aliphatic rings. The number of hydrogen-bond donors (Lipinski definition) is 0. The highest BCUT2D eigenvalue weighted by molar-refractivity contribution is 6.29. The van der Waals surface area contributed by atoms with Crippen LogP contribution < -0.4 is 0 Å². The van der Waals surface area contributed by atoms with E-state index in [1.807, 2.05) is 19.2 Å². The van der Waals surface area contributed by atoms with Crippen LogP contribution in [0.25, 0.3) is 0 Å². The lowest BCUT2D eigenvalue weighted by Crippen LogP contribution is -2.39. The highest BCUT2D eigenvalue weighted by Crippen LogP contribution is 2.48. The van der Waals surface area contributed by atoms with Gasteiger partial charge in [0.15, 0.2) is 0 Å². The fourth-order valence-electron chi connectivity index (χ4n) is 4.09. The molecule has 1 aromatic heterocycles. The first-order valence-electron chi connectivity index (χ1n) is 7.63. The Labute approximate surface area is 130 Å². The Morgan fingerprint density at radius 1 is 1.43 bits per heavy atom. The summed E-state index contributed by atoms with van der Waals surface area (Å²) in [5.41, 5.74) is 1.10. The molecule has 4 nitrogen and oxygen atoms in total. The summed E-state index contributed by atoms with van der Waals surface area (Å²) in [5, 5.41) is 0.487. The lowest BCUT2D eigenvalue weighted by atomic mass is 9.83. The number of hydrogen-bond acceptors (Lipinski definition) is 4. The summed E-state index contributed by atoms with van der Waals surface area (Å²) in [6.45, 7) is 2.30. The molecule has 0 radical (unpaired) electrons. The van der Waals surface area contributed by atoms with Crippen molar-refractivity contribution in [2.45, 2.75) is 44.2 Å². The second kappa shape index (κ2) is 5.93. The van der Waals surface area contributed by atoms with E-state index in [-0.39, 0.29) is 23.8 Å². The first-order valence-corrected chi connectivity index (χ1v) is 8.01. The lowest BCUT2D eigenvalue weighted by Gasteiger charge is -2.32. The summed E-state index contributed by atoms with van der Waals surface area (Å²) >= 11 is 5.89. The SMILES string of the molecule is CCOC(=O)[C@H]1[C@@H](c2ccc(Cl)nc2)[C@@H]2CCC[C@H]1N2C. The Hall–Kier alpha value is -1.13. The van der Waals surface area contributed by atoms with Crippen molar-refractivity contribution in [1.29, 1.82) is 0 Å². The van der Waals surface area contributed by atoms with Crippen LogP contribution >= 0.6 is 11.6 Å². The third kappa shape index (κ3) is 2.55. The van der Waals surface area contributed by atoms with E-state index in [0.717, 1.165) is 18.4 Å². The molecule has 0 N–H and O–H groups in total. The smallest absolute Gasteiger partial charge is 0.311 e. The van der Waals surface area contributed by atoms with Gasteiger partial charge in [-0.15, -0.1) is 0 Å². The summed E-state index contributed by atoms with van der Waals surface area (Å²) in [6, 6.07) is 4.48. The van der Waals surface area contributed by atoms with Gasteiger partial charge in [-0.05, 0) is 38.4 Å². The second-order valence-electron chi connectivity index (χ2n) is 5.95. The third-order valence-electron chi connectivity index (χ3n) is 4.96. The van der Waals surface area contributed by atoms with Gasteiger partial charge in [-0.3, -0.25) is 9.69 Å². The van der Waals surface area contributed by atoms with Gasteiger partial charge in [0.2, 0.25) is 0 Å². The number of ether oxygens (including phenoxy) is 1. The van der Waals surface area contributed by atoms with Crippen molar-refractivity contribution >= 4 is 17.6 Å². The molecule has 2 bridgehead atoms. The minimum Gasteiger partial charge on any atom is -0.466 e. The van der Waals surface area contributed by atoms with E-state index < -0.39 is 0 Å². The first-order chi connectivity index (χ1) is 10.1. The van der Waals surface area contributed by atoms with Gasteiger partial charge in [0.05, 0.1) is 12.5 Å². The van der Waals surface area contributed by atoms with E-state index in [0.29, 0.717) is 17.8 Å². The average molecular weight is 309 g/mol. The molecule has 2 saturated heterocycles. The van der Waals surface area contributed by atoms with Crippen LogP contribution in [-0.2, 0) is 9.53 Å². The van der Waals surface area contributed by atoms with E-state index >= 15 is 0 Å². The summed E-state index contributed by atoms with van der Waals surface area (Å²) in [6.07, 6.45) is 5.17. The molecule has 0 saturated carbocycles. The van der Waals surface area contributed by atoms with Gasteiger partial charge in [-0.25, -0.2) is 4.98 Å². The quantitative estimate of drug-likeness (QED) is 0.636. The molecule has 21 heavy (non-hydrogen) atoms. The average Bonchev–Trinajstić information content (AvgIpc) is 2.63. The van der Waals surface area contributed by atoms with Crippen LogP contribution in [0.2, 0.25) is 5.15 Å². The van der Waals surface area contributed by atoms with Crippen molar-refractivity contribution in [1.82, 2.24) is 9.88 Å². The number of piperidine rings is 1. The van der Waals surface area contributed by atoms with Gasteiger partial charge in [0.1, 0.15) is 5.15 Å². The molecule has 0 spiro atoms. The van der Waals surface area contributed by atoms with Crippen LogP contribution in [-0.4, -0.2) is 41.6 Å². The summed E-state index contributed by atoms with van der Waals surface area (Å²) in [7, 11) is 2.13. The molecule has 5 heteroatoms. The fourth-order valence-corrected chi connectivity index (χ4v) is 4.20. The van der Waals surface area contributed by atoms with Gasteiger partial charge in [-0.1, -0.05) is 24.1 Å². The standard InChI is InChI=1S/C16H21ClN2O2/c1-3-21-16(20)15-12-6-4-5-11(19(12)2)14(15)10-7-8-13(17)18-9-10/h7-9,11-12,14-15H,3-6H2,1-2H3/t11-,12+,14-,15+/m0/s1. The highest BCUT2D eigenvalue weighted by atomic mass is 35.5. The first kappa shape index (κ1) is 14.8. The molecule has 114 valence electrons. The van der Waals surface area contributed by atoms with E-state index in [4.69, 9.17) is 16.3 Å². The largest absolute Gasteiger partial charge is 0.466 e. The fraction of sp³-hybridized carbons (Fsp3) is 0.625. The molecule has 1 aromatic rings. The molecule has 0 amide bonds. The number of halogens is 1. The van der Waals surface area contributed by atoms with Crippen molar-refractivity contribution in [3.8, 4) is 0 Å². The monoisotopic (exact) mass is 308 g/mol. The zero-order chi connectivity index (χ0) is 15.0. The van der Waals surface area contributed by atoms with Crippen molar-refractivity contribution in [2.75, 3.05) is 13.7 Å². The van der Waals surface area contributed by atoms with Crippen LogP contribution in [0.1, 0.15) is 37.7 Å². The summed E-state index contributed by atoms with van der Waals surface area (Å²) in [5.74, 6) is -0.00422. The minimum atomic E-state index is -0.0922. The lowest BCUT2D eigenvalue weighted by molar-refractivity contribution is -0.149. The maximum Gasteiger partial charge on any atom is 0.311 e. The number of pyridine rings is 1. The number of aromatic nitrogens is 1. The van der Waals surface area contributed by atoms with Crippen LogP contribution in [0, 0.1) is 5.92 Å². The Morgan fingerprint density at radius 2 is 2.19 bits per heavy atom. The van der Waals surface area contributed by atoms with Gasteiger partial charge >= 0.3 is 5.97 Å². The predicted octanol–water partition coefficient (Wildman–Crippen LogP) is 2.86. The second-order valence-corrected chi connectivity index (χ2v) is 6.34. The zero-order valence-electron chi connectivity index (χ0n) is 12.5. The Balaban J connectivity index is 1.97. The molecule has 3 rings (SSSR count). The molecule has 2 aliphatic heterocycles. The molecule has 3 heterocycles. The number of esters is 1. The molecule has 0 aromatic carbocycles. The van der Waals surface area contributed by atoms with E-state index in [1.165, 1.54) is 6.42 Å². The maximum atomic E-state index is 12.5. The Bertz CT molecular complexity index is 520. The van der Waals surface area contributed by atoms with Crippen molar-refractivity contribution in [3.63, 3.8) is 0 Å². The van der Waals surface area contributed by atoms with Gasteiger partial charge in [0.25, 0.3) is 0 Å². The number of rotatable bonds is 3. The van der Waals surface area contributed by atoms with Crippen molar-refractivity contribution < 1.29 is 9.53 Å². The molecular formula is C16H21ClN2O2. The van der Waals surface area contributed by atoms with Crippen LogP contribution in [0.3, 0.4) is 0 Å². The highest BCUT2D eigenvalue weighted by Gasteiger charge is 2.53. The maximum absolute atomic E-state index is 12.5. The summed E-state index contributed by atoms with van der Waals surface area (Å²) < 4.78 is 5.35. The number of fused-ring (bicyclic) bond motifs is 2. The van der Waals surface area contributed by atoms with Crippen molar-refractivity contribution in [2.24, 2.45) is 5.92 Å². The Kier molecular flexibility index (Phi) is 4.18. The molecule has 2 fully saturated rings. The topological polar surface area (TPSA) is 42.4 Å². The van der Waals surface area contributed by atoms with E-state index in [2.05, 4.69) is 16.9 Å². The van der Waals surface area contributed by atoms with Crippen LogP contribution in [0.15, 0.2) is 18.3 Å². The van der Waals surface area contributed by atoms with Gasteiger partial charge in [0, 0.05) is 24.2 Å². The predicted molar refractivity (Wildman–Crippen MR) is 81.3 cm³/mol. The van der Waals surface area contributed by atoms with Gasteiger partial charge < -0.3 is 4.74 Å². The van der Waals surface area contributed by atoms with Crippen LogP contribution in [0.4, 0.5) is 0 Å². The molecule has 0 unspecified atom stereocenters. The normalized spacial score (nSPS) is 32.1. The van der Waals surface area contributed by atoms with Crippen LogP contribution in [0.5, 0.6) is 0 Å². The van der Waals surface area contributed by atoms with Gasteiger partial charge in [-0.2, -0.15) is 0 Å². The summed E-state index contributed by atoms with van der Waals surface area (Å²) in [4.78, 5) is 19.1. The molecule has 4 atom stereocenters. The van der Waals surface area contributed by atoms with Crippen molar-refractivity contribution in [3.05, 3.63) is 29.0 Å². The van der Waals surface area contributed by atoms with E-state index in [1.54, 1.807) is 6.07 Å². The minimum absolute atomic E-state index is 0.0706. The Morgan fingerprint density at radius 3 is 2.86 bits per heavy atom.